The molecule has 0 atom stereocenters. The minimum Gasteiger partial charge on any atom is -0.321 e. The number of fused-ring (bicyclic) bond motifs is 4. The number of aromatic amines is 1. The fourth-order valence-corrected chi connectivity index (χ4v) is 3.35. The summed E-state index contributed by atoms with van der Waals surface area (Å²) < 4.78 is 0. The van der Waals surface area contributed by atoms with Gasteiger partial charge in [0.1, 0.15) is 0 Å². The number of aromatic nitrogens is 1. The third kappa shape index (κ3) is 1.51. The van der Waals surface area contributed by atoms with Gasteiger partial charge in [-0.1, -0.05) is 0 Å². The Morgan fingerprint density at radius 3 is 2.68 bits per heavy atom. The molecule has 19 heavy (non-hydrogen) atoms. The zero-order valence-electron chi connectivity index (χ0n) is 11.0. The number of H-pyrrole nitrogens is 1. The van der Waals surface area contributed by atoms with Gasteiger partial charge in [0.05, 0.1) is 22.6 Å². The van der Waals surface area contributed by atoms with Crippen LogP contribution in [0.25, 0.3) is 16.5 Å². The number of pyridine rings is 1. The lowest BCUT2D eigenvalue weighted by Gasteiger charge is -2.16. The summed E-state index contributed by atoms with van der Waals surface area (Å²) in [6.07, 6.45) is 4.81. The molecule has 2 heterocycles. The van der Waals surface area contributed by atoms with Gasteiger partial charge in [0.15, 0.2) is 0 Å². The van der Waals surface area contributed by atoms with Crippen molar-refractivity contribution in [3.05, 3.63) is 44.2 Å². The van der Waals surface area contributed by atoms with Crippen LogP contribution in [0.1, 0.15) is 30.9 Å². The molecular weight excluding hydrogens is 236 g/mol. The number of hydrogen-bond acceptors (Lipinski definition) is 2. The predicted octanol–water partition coefficient (Wildman–Crippen LogP) is 1.21. The first-order valence-corrected chi connectivity index (χ1v) is 6.96. The van der Waals surface area contributed by atoms with E-state index < -0.39 is 0 Å². The summed E-state index contributed by atoms with van der Waals surface area (Å²) in [5, 5.41) is 2.82. The lowest BCUT2D eigenvalue weighted by molar-refractivity contribution is 0.687. The second kappa shape index (κ2) is 3.80. The molecule has 0 saturated heterocycles. The Labute approximate surface area is 110 Å². The van der Waals surface area contributed by atoms with Crippen LogP contribution in [-0.2, 0) is 12.8 Å². The molecule has 0 bridgehead atoms. The van der Waals surface area contributed by atoms with Crippen molar-refractivity contribution in [2.45, 2.75) is 32.6 Å². The molecule has 2 aromatic rings. The average molecular weight is 252 g/mol. The number of aryl methyl sites for hydroxylation is 2. The molecule has 3 nitrogen and oxygen atoms in total. The lowest BCUT2D eigenvalue weighted by atomic mass is 9.90. The van der Waals surface area contributed by atoms with E-state index in [4.69, 9.17) is 0 Å². The van der Waals surface area contributed by atoms with Crippen LogP contribution in [0.2, 0.25) is 0 Å². The third-order valence-corrected chi connectivity index (χ3v) is 4.35. The van der Waals surface area contributed by atoms with E-state index in [9.17, 15) is 4.79 Å². The van der Waals surface area contributed by atoms with Crippen molar-refractivity contribution in [2.24, 2.45) is 4.99 Å². The molecule has 1 aromatic carbocycles. The van der Waals surface area contributed by atoms with Crippen molar-refractivity contribution in [1.82, 2.24) is 4.98 Å². The molecule has 1 N–H and O–H groups in total. The zero-order valence-corrected chi connectivity index (χ0v) is 11.0. The lowest BCUT2D eigenvalue weighted by Crippen LogP contribution is -2.40. The first-order valence-electron chi connectivity index (χ1n) is 6.96. The monoisotopic (exact) mass is 252 g/mol. The van der Waals surface area contributed by atoms with Crippen molar-refractivity contribution < 1.29 is 0 Å². The smallest absolute Gasteiger partial charge is 0.257 e. The maximum absolute atomic E-state index is 12.2. The minimum atomic E-state index is 0.0111. The quantitative estimate of drug-likeness (QED) is 0.752. The maximum Gasteiger partial charge on any atom is 0.257 e. The van der Waals surface area contributed by atoms with Gasteiger partial charge in [-0.3, -0.25) is 9.79 Å². The Hall–Kier alpha value is -1.90. The van der Waals surface area contributed by atoms with Crippen LogP contribution >= 0.6 is 0 Å². The molecular formula is C16H16N2O. The van der Waals surface area contributed by atoms with Gasteiger partial charge in [0.25, 0.3) is 5.56 Å². The molecule has 0 spiro atoms. The highest BCUT2D eigenvalue weighted by Gasteiger charge is 2.14. The van der Waals surface area contributed by atoms with Crippen LogP contribution < -0.4 is 16.1 Å². The summed E-state index contributed by atoms with van der Waals surface area (Å²) in [4.78, 5) is 19.8. The Morgan fingerprint density at radius 2 is 1.89 bits per heavy atom. The summed E-state index contributed by atoms with van der Waals surface area (Å²) >= 11 is 0. The van der Waals surface area contributed by atoms with E-state index in [1.54, 1.807) is 0 Å². The summed E-state index contributed by atoms with van der Waals surface area (Å²) in [6.45, 7) is 2.66. The van der Waals surface area contributed by atoms with E-state index in [0.717, 1.165) is 39.9 Å². The minimum absolute atomic E-state index is 0.0111. The van der Waals surface area contributed by atoms with Gasteiger partial charge < -0.3 is 4.98 Å². The van der Waals surface area contributed by atoms with E-state index in [1.165, 1.54) is 24.0 Å². The van der Waals surface area contributed by atoms with Gasteiger partial charge in [0, 0.05) is 5.39 Å². The molecule has 96 valence electrons. The summed E-state index contributed by atoms with van der Waals surface area (Å²) in [6, 6.07) is 4.41. The highest BCUT2D eigenvalue weighted by Crippen LogP contribution is 2.24. The second-order valence-electron chi connectivity index (χ2n) is 5.65. The van der Waals surface area contributed by atoms with Crippen LogP contribution in [0.3, 0.4) is 0 Å². The Balaban J connectivity index is 2.20. The largest absolute Gasteiger partial charge is 0.321 e. The Morgan fingerprint density at radius 1 is 1.16 bits per heavy atom. The number of benzene rings is 1. The summed E-state index contributed by atoms with van der Waals surface area (Å²) in [5.41, 5.74) is 4.87. The summed E-state index contributed by atoms with van der Waals surface area (Å²) in [7, 11) is 0. The van der Waals surface area contributed by atoms with Crippen molar-refractivity contribution in [1.29, 1.82) is 0 Å². The van der Waals surface area contributed by atoms with Crippen molar-refractivity contribution in [2.75, 3.05) is 6.54 Å². The molecule has 0 radical (unpaired) electrons. The van der Waals surface area contributed by atoms with Gasteiger partial charge in [0.2, 0.25) is 0 Å². The van der Waals surface area contributed by atoms with Crippen molar-refractivity contribution in [3.63, 3.8) is 0 Å². The third-order valence-electron chi connectivity index (χ3n) is 4.35. The van der Waals surface area contributed by atoms with Gasteiger partial charge >= 0.3 is 0 Å². The predicted molar refractivity (Wildman–Crippen MR) is 75.9 cm³/mol. The summed E-state index contributed by atoms with van der Waals surface area (Å²) in [5.74, 6) is 0. The van der Waals surface area contributed by atoms with Crippen LogP contribution in [0.5, 0.6) is 0 Å². The van der Waals surface area contributed by atoms with Gasteiger partial charge in [-0.15, -0.1) is 0 Å². The van der Waals surface area contributed by atoms with Gasteiger partial charge in [-0.25, -0.2) is 0 Å². The van der Waals surface area contributed by atoms with Crippen LogP contribution in [0.15, 0.2) is 21.9 Å². The zero-order chi connectivity index (χ0) is 13.0. The normalized spacial score (nSPS) is 17.2. The van der Waals surface area contributed by atoms with Crippen LogP contribution in [0.4, 0.5) is 0 Å². The SMILES string of the molecule is CC1=c2c(=O)[nH]c3cc4c(cc3c2=NC1)CCCC4. The highest BCUT2D eigenvalue weighted by molar-refractivity contribution is 5.81. The number of hydrogen-bond donors (Lipinski definition) is 1. The molecule has 1 aliphatic carbocycles. The second-order valence-corrected chi connectivity index (χ2v) is 5.65. The Kier molecular flexibility index (Phi) is 2.19. The topological polar surface area (TPSA) is 45.2 Å². The fraction of sp³-hybridized carbons (Fsp3) is 0.375. The number of nitrogens with one attached hydrogen (secondary N) is 1. The van der Waals surface area contributed by atoms with E-state index in [2.05, 4.69) is 22.1 Å². The molecule has 2 aliphatic rings. The van der Waals surface area contributed by atoms with Crippen LogP contribution in [0, 0.1) is 0 Å². The molecule has 0 unspecified atom stereocenters. The van der Waals surface area contributed by atoms with E-state index in [0.29, 0.717) is 6.54 Å². The van der Waals surface area contributed by atoms with Gasteiger partial charge in [-0.2, -0.15) is 0 Å². The van der Waals surface area contributed by atoms with Gasteiger partial charge in [-0.05, 0) is 61.4 Å². The molecule has 3 heteroatoms. The molecule has 0 amide bonds. The molecule has 0 fully saturated rings. The van der Waals surface area contributed by atoms with Crippen LogP contribution in [-0.4, -0.2) is 11.5 Å². The first-order chi connectivity index (χ1) is 9.24. The standard InChI is InChI=1S/C16H16N2O/c1-9-8-17-15-12-6-10-4-2-3-5-11(10)7-13(12)18-16(19)14(9)15/h6-7H,2-5,8H2,1H3,(H,18,19). The molecule has 0 saturated carbocycles. The Bertz CT molecular complexity index is 874. The average Bonchev–Trinajstić information content (AvgIpc) is 2.80. The highest BCUT2D eigenvalue weighted by atomic mass is 16.1. The van der Waals surface area contributed by atoms with E-state index in [-0.39, 0.29) is 5.56 Å². The van der Waals surface area contributed by atoms with E-state index in [1.807, 2.05) is 6.92 Å². The molecule has 4 rings (SSSR count). The molecule has 1 aliphatic heterocycles. The number of rotatable bonds is 0. The fourth-order valence-electron chi connectivity index (χ4n) is 3.35. The first kappa shape index (κ1) is 11.0. The van der Waals surface area contributed by atoms with Crippen molar-refractivity contribution in [3.8, 4) is 0 Å². The van der Waals surface area contributed by atoms with E-state index >= 15 is 0 Å². The van der Waals surface area contributed by atoms with Crippen molar-refractivity contribution >= 4 is 16.5 Å². The molecule has 1 aromatic heterocycles. The maximum atomic E-state index is 12.2. The number of nitrogens with zero attached hydrogens (tertiary/aromatic N) is 1.